The zero-order chi connectivity index (χ0) is 22.0. The first-order valence-electron chi connectivity index (χ1n) is 9.75. The fraction of sp³-hybridized carbons (Fsp3) is 0.381. The van der Waals surface area contributed by atoms with E-state index in [2.05, 4.69) is 15.5 Å². The predicted molar refractivity (Wildman–Crippen MR) is 113 cm³/mol. The number of aromatic nitrogens is 4. The smallest absolute Gasteiger partial charge is 0.312 e. The number of carbonyl (C=O) groups excluding carboxylic acids is 1. The van der Waals surface area contributed by atoms with Crippen molar-refractivity contribution in [3.8, 4) is 0 Å². The van der Waals surface area contributed by atoms with Gasteiger partial charge in [0.05, 0.1) is 29.6 Å². The van der Waals surface area contributed by atoms with E-state index in [-0.39, 0.29) is 18.1 Å². The normalized spacial score (nSPS) is 12.0. The van der Waals surface area contributed by atoms with Gasteiger partial charge in [0.25, 0.3) is 0 Å². The number of rotatable bonds is 7. The standard InChI is InChI=1S/C21H26N6O3/c1-13(11-26-17(5)20(27(29)30)16(4)24-26)21(28)22-19-8-6-7-18(10-19)12-25-15(3)9-14(2)23-25/h6-10,13H,11-12H2,1-5H3,(H,22,28). The number of anilines is 1. The minimum Gasteiger partial charge on any atom is -0.326 e. The number of nitrogens with one attached hydrogen (secondary N) is 1. The summed E-state index contributed by atoms with van der Waals surface area (Å²) in [5.41, 5.74) is 4.57. The molecule has 3 rings (SSSR count). The summed E-state index contributed by atoms with van der Waals surface area (Å²) in [5, 5.41) is 22.8. The number of carbonyl (C=O) groups is 1. The SMILES string of the molecule is Cc1cc(C)n(Cc2cccc(NC(=O)C(C)Cn3nc(C)c([N+](=O)[O-])c3C)c2)n1. The number of hydrogen-bond acceptors (Lipinski definition) is 5. The molecule has 1 N–H and O–H groups in total. The van der Waals surface area contributed by atoms with Gasteiger partial charge in [-0.05, 0) is 51.5 Å². The maximum atomic E-state index is 12.7. The van der Waals surface area contributed by atoms with E-state index in [0.717, 1.165) is 17.0 Å². The molecule has 2 aromatic heterocycles. The molecule has 1 atom stereocenters. The van der Waals surface area contributed by atoms with Gasteiger partial charge in [-0.25, -0.2) is 0 Å². The van der Waals surface area contributed by atoms with Crippen molar-refractivity contribution >= 4 is 17.3 Å². The number of amides is 1. The lowest BCUT2D eigenvalue weighted by atomic mass is 10.1. The van der Waals surface area contributed by atoms with Crippen molar-refractivity contribution in [2.24, 2.45) is 5.92 Å². The summed E-state index contributed by atoms with van der Waals surface area (Å²) in [5.74, 6) is -0.587. The average Bonchev–Trinajstić information content (AvgIpc) is 3.12. The van der Waals surface area contributed by atoms with Gasteiger partial charge in [0, 0.05) is 11.4 Å². The van der Waals surface area contributed by atoms with Gasteiger partial charge in [-0.1, -0.05) is 19.1 Å². The molecule has 1 unspecified atom stereocenters. The molecule has 0 aliphatic heterocycles. The van der Waals surface area contributed by atoms with Gasteiger partial charge >= 0.3 is 5.69 Å². The van der Waals surface area contributed by atoms with E-state index in [1.807, 2.05) is 48.9 Å². The molecule has 0 radical (unpaired) electrons. The molecule has 1 amide bonds. The molecule has 0 bridgehead atoms. The van der Waals surface area contributed by atoms with E-state index in [1.165, 1.54) is 4.68 Å². The number of nitro groups is 1. The van der Waals surface area contributed by atoms with Crippen LogP contribution in [0.25, 0.3) is 0 Å². The molecule has 3 aromatic rings. The third-order valence-corrected chi connectivity index (χ3v) is 5.05. The van der Waals surface area contributed by atoms with Crippen LogP contribution in [0.5, 0.6) is 0 Å². The molecule has 0 fully saturated rings. The Hall–Kier alpha value is -3.49. The number of aryl methyl sites for hydroxylation is 3. The van der Waals surface area contributed by atoms with Crippen molar-refractivity contribution < 1.29 is 9.72 Å². The Labute approximate surface area is 174 Å². The molecule has 0 saturated heterocycles. The van der Waals surface area contributed by atoms with Gasteiger partial charge in [0.15, 0.2) is 0 Å². The van der Waals surface area contributed by atoms with E-state index in [9.17, 15) is 14.9 Å². The Bertz CT molecular complexity index is 1100. The van der Waals surface area contributed by atoms with Crippen LogP contribution in [-0.4, -0.2) is 30.4 Å². The molecule has 30 heavy (non-hydrogen) atoms. The second-order valence-electron chi connectivity index (χ2n) is 7.63. The molecule has 158 valence electrons. The van der Waals surface area contributed by atoms with Crippen LogP contribution in [-0.2, 0) is 17.9 Å². The molecule has 9 heteroatoms. The van der Waals surface area contributed by atoms with Crippen molar-refractivity contribution in [2.75, 3.05) is 5.32 Å². The van der Waals surface area contributed by atoms with Crippen molar-refractivity contribution in [3.05, 3.63) is 68.8 Å². The molecular weight excluding hydrogens is 384 g/mol. The summed E-state index contributed by atoms with van der Waals surface area (Å²) in [6.45, 7) is 9.87. The van der Waals surface area contributed by atoms with Gasteiger partial charge in [0.2, 0.25) is 5.91 Å². The van der Waals surface area contributed by atoms with Gasteiger partial charge in [-0.3, -0.25) is 24.3 Å². The molecule has 1 aromatic carbocycles. The largest absolute Gasteiger partial charge is 0.326 e. The minimum absolute atomic E-state index is 0.000499. The highest BCUT2D eigenvalue weighted by Crippen LogP contribution is 2.23. The monoisotopic (exact) mass is 410 g/mol. The van der Waals surface area contributed by atoms with Crippen LogP contribution in [0, 0.1) is 43.7 Å². The molecule has 0 aliphatic carbocycles. The van der Waals surface area contributed by atoms with E-state index in [1.54, 1.807) is 20.8 Å². The predicted octanol–water partition coefficient (Wildman–Crippen LogP) is 3.54. The highest BCUT2D eigenvalue weighted by molar-refractivity contribution is 5.92. The summed E-state index contributed by atoms with van der Waals surface area (Å²) in [6.07, 6.45) is 0. The lowest BCUT2D eigenvalue weighted by molar-refractivity contribution is -0.386. The summed E-state index contributed by atoms with van der Waals surface area (Å²) in [7, 11) is 0. The van der Waals surface area contributed by atoms with Crippen molar-refractivity contribution in [3.63, 3.8) is 0 Å². The van der Waals surface area contributed by atoms with Crippen LogP contribution >= 0.6 is 0 Å². The van der Waals surface area contributed by atoms with Crippen molar-refractivity contribution in [1.29, 1.82) is 0 Å². The van der Waals surface area contributed by atoms with E-state index >= 15 is 0 Å². The quantitative estimate of drug-likeness (QED) is 0.473. The van der Waals surface area contributed by atoms with Crippen molar-refractivity contribution in [1.82, 2.24) is 19.6 Å². The molecule has 0 aliphatic rings. The summed E-state index contributed by atoms with van der Waals surface area (Å²) < 4.78 is 3.45. The number of benzene rings is 1. The van der Waals surface area contributed by atoms with Gasteiger partial charge in [-0.15, -0.1) is 0 Å². The van der Waals surface area contributed by atoms with Crippen LogP contribution in [0.3, 0.4) is 0 Å². The Morgan fingerprint density at radius 2 is 1.90 bits per heavy atom. The van der Waals surface area contributed by atoms with E-state index in [4.69, 9.17) is 0 Å². The van der Waals surface area contributed by atoms with Crippen LogP contribution in [0.1, 0.15) is 35.3 Å². The van der Waals surface area contributed by atoms with Crippen LogP contribution in [0.2, 0.25) is 0 Å². The van der Waals surface area contributed by atoms with Gasteiger partial charge < -0.3 is 5.32 Å². The summed E-state index contributed by atoms with van der Waals surface area (Å²) in [4.78, 5) is 23.4. The highest BCUT2D eigenvalue weighted by atomic mass is 16.6. The maximum Gasteiger partial charge on any atom is 0.312 e. The first-order valence-corrected chi connectivity index (χ1v) is 9.75. The molecule has 2 heterocycles. The third kappa shape index (κ3) is 4.56. The third-order valence-electron chi connectivity index (χ3n) is 5.05. The Kier molecular flexibility index (Phi) is 6.00. The zero-order valence-corrected chi connectivity index (χ0v) is 17.8. The Morgan fingerprint density at radius 1 is 1.17 bits per heavy atom. The highest BCUT2D eigenvalue weighted by Gasteiger charge is 2.24. The topological polar surface area (TPSA) is 108 Å². The number of nitrogens with zero attached hydrogens (tertiary/aromatic N) is 5. The lowest BCUT2D eigenvalue weighted by Crippen LogP contribution is -2.25. The van der Waals surface area contributed by atoms with Crippen LogP contribution in [0.15, 0.2) is 30.3 Å². The van der Waals surface area contributed by atoms with Crippen molar-refractivity contribution in [2.45, 2.75) is 47.7 Å². The Balaban J connectivity index is 1.68. The fourth-order valence-corrected chi connectivity index (χ4v) is 3.49. The minimum atomic E-state index is -0.437. The second kappa shape index (κ2) is 8.48. The van der Waals surface area contributed by atoms with Crippen LogP contribution in [0.4, 0.5) is 11.4 Å². The first-order chi connectivity index (χ1) is 14.2. The zero-order valence-electron chi connectivity index (χ0n) is 17.8. The van der Waals surface area contributed by atoms with Crippen LogP contribution < -0.4 is 5.32 Å². The molecule has 0 saturated carbocycles. The first kappa shape index (κ1) is 21.2. The lowest BCUT2D eigenvalue weighted by Gasteiger charge is -2.14. The van der Waals surface area contributed by atoms with Gasteiger partial charge in [0.1, 0.15) is 11.4 Å². The fourth-order valence-electron chi connectivity index (χ4n) is 3.49. The number of hydrogen-bond donors (Lipinski definition) is 1. The van der Waals surface area contributed by atoms with Gasteiger partial charge in [-0.2, -0.15) is 10.2 Å². The second-order valence-corrected chi connectivity index (χ2v) is 7.63. The van der Waals surface area contributed by atoms with E-state index < -0.39 is 10.8 Å². The summed E-state index contributed by atoms with van der Waals surface area (Å²) >= 11 is 0. The van der Waals surface area contributed by atoms with E-state index in [0.29, 0.717) is 23.6 Å². The Morgan fingerprint density at radius 3 is 2.50 bits per heavy atom. The molecule has 0 spiro atoms. The summed E-state index contributed by atoms with van der Waals surface area (Å²) in [6, 6.07) is 9.67. The maximum absolute atomic E-state index is 12.7. The molecular formula is C21H26N6O3. The average molecular weight is 410 g/mol. The molecule has 9 nitrogen and oxygen atoms in total.